The molecule has 2 aromatic rings. The van der Waals surface area contributed by atoms with Gasteiger partial charge >= 0.3 is 0 Å². The molecule has 114 valence electrons. The van der Waals surface area contributed by atoms with Gasteiger partial charge in [0.2, 0.25) is 0 Å². The topological polar surface area (TPSA) is 98.5 Å². The first kappa shape index (κ1) is 16.1. The van der Waals surface area contributed by atoms with E-state index in [1.165, 1.54) is 11.3 Å². The van der Waals surface area contributed by atoms with Gasteiger partial charge in [-0.3, -0.25) is 4.79 Å². The summed E-state index contributed by atoms with van der Waals surface area (Å²) in [6.45, 7) is 3.92. The maximum absolute atomic E-state index is 12.6. The summed E-state index contributed by atoms with van der Waals surface area (Å²) in [7, 11) is -3.27. The minimum atomic E-state index is -3.27. The number of hydrogen-bond acceptors (Lipinski definition) is 4. The standard InChI is InChI=1S/C14H19N3O2S2/c1-9(2)7-11(15)14(18)17-21(16,19)13-8-20-12-6-4-3-5-10(12)13/h3-6,8-9,11H,7,15H2,1-2H3,(H2,16,17,18,19)/t11-,21?/m0/s1. The van der Waals surface area contributed by atoms with Crippen molar-refractivity contribution in [2.45, 2.75) is 31.2 Å². The molecule has 1 amide bonds. The van der Waals surface area contributed by atoms with Crippen LogP contribution in [0.2, 0.25) is 0 Å². The van der Waals surface area contributed by atoms with E-state index in [2.05, 4.69) is 4.36 Å². The van der Waals surface area contributed by atoms with Gasteiger partial charge in [-0.1, -0.05) is 32.0 Å². The van der Waals surface area contributed by atoms with Crippen molar-refractivity contribution in [3.63, 3.8) is 0 Å². The van der Waals surface area contributed by atoms with Gasteiger partial charge in [0.15, 0.2) is 0 Å². The molecule has 1 heterocycles. The summed E-state index contributed by atoms with van der Waals surface area (Å²) < 4.78 is 17.3. The lowest BCUT2D eigenvalue weighted by molar-refractivity contribution is -0.119. The highest BCUT2D eigenvalue weighted by Gasteiger charge is 2.19. The van der Waals surface area contributed by atoms with Gasteiger partial charge in [-0.15, -0.1) is 15.7 Å². The molecular formula is C14H19N3O2S2. The lowest BCUT2D eigenvalue weighted by Crippen LogP contribution is -2.32. The van der Waals surface area contributed by atoms with Gasteiger partial charge in [0.1, 0.15) is 9.92 Å². The summed E-state index contributed by atoms with van der Waals surface area (Å²) in [5, 5.41) is 8.27. The Bertz CT molecular complexity index is 773. The molecule has 1 aromatic carbocycles. The summed E-state index contributed by atoms with van der Waals surface area (Å²) in [5.41, 5.74) is 5.77. The maximum atomic E-state index is 12.6. The van der Waals surface area contributed by atoms with Crippen LogP contribution in [0.3, 0.4) is 0 Å². The molecule has 0 radical (unpaired) electrons. The fourth-order valence-corrected chi connectivity index (χ4v) is 4.62. The molecular weight excluding hydrogens is 306 g/mol. The van der Waals surface area contributed by atoms with Crippen molar-refractivity contribution in [3.8, 4) is 0 Å². The Labute approximate surface area is 128 Å². The van der Waals surface area contributed by atoms with Crippen molar-refractivity contribution < 1.29 is 9.00 Å². The van der Waals surface area contributed by atoms with E-state index < -0.39 is 21.9 Å². The first-order valence-electron chi connectivity index (χ1n) is 6.62. The second kappa shape index (κ2) is 6.23. The minimum Gasteiger partial charge on any atom is -0.320 e. The number of nitrogens with two attached hydrogens (primary N) is 2. The molecule has 1 aromatic heterocycles. The normalized spacial score (nSPS) is 15.9. The van der Waals surface area contributed by atoms with E-state index in [0.29, 0.717) is 11.3 Å². The quantitative estimate of drug-likeness (QED) is 0.903. The Kier molecular flexibility index (Phi) is 4.77. The third-order valence-electron chi connectivity index (χ3n) is 3.03. The van der Waals surface area contributed by atoms with Crippen LogP contribution in [-0.2, 0) is 14.7 Å². The first-order valence-corrected chi connectivity index (χ1v) is 9.07. The van der Waals surface area contributed by atoms with E-state index in [0.717, 1.165) is 10.1 Å². The lowest BCUT2D eigenvalue weighted by atomic mass is 10.0. The van der Waals surface area contributed by atoms with Crippen LogP contribution < -0.4 is 10.9 Å². The van der Waals surface area contributed by atoms with Gasteiger partial charge in [0.05, 0.1) is 10.9 Å². The minimum absolute atomic E-state index is 0.259. The fraction of sp³-hybridized carbons (Fsp3) is 0.357. The van der Waals surface area contributed by atoms with E-state index in [9.17, 15) is 9.00 Å². The molecule has 0 aliphatic carbocycles. The molecule has 7 heteroatoms. The monoisotopic (exact) mass is 325 g/mol. The van der Waals surface area contributed by atoms with Crippen LogP contribution in [0, 0.1) is 5.92 Å². The first-order chi connectivity index (χ1) is 9.81. The maximum Gasteiger partial charge on any atom is 0.271 e. The smallest absolute Gasteiger partial charge is 0.271 e. The zero-order valence-electron chi connectivity index (χ0n) is 12.0. The molecule has 0 fully saturated rings. The number of nitrogens with zero attached hydrogens (tertiary/aromatic N) is 1. The van der Waals surface area contributed by atoms with E-state index in [1.54, 1.807) is 5.38 Å². The average Bonchev–Trinajstić information content (AvgIpc) is 2.81. The molecule has 21 heavy (non-hydrogen) atoms. The van der Waals surface area contributed by atoms with E-state index in [1.807, 2.05) is 38.1 Å². The van der Waals surface area contributed by atoms with Gasteiger partial charge in [-0.05, 0) is 18.4 Å². The van der Waals surface area contributed by atoms with E-state index >= 15 is 0 Å². The molecule has 0 aliphatic heterocycles. The van der Waals surface area contributed by atoms with Gasteiger partial charge < -0.3 is 5.73 Å². The van der Waals surface area contributed by atoms with Crippen molar-refractivity contribution in [1.82, 2.24) is 0 Å². The lowest BCUT2D eigenvalue weighted by Gasteiger charge is -2.10. The predicted octanol–water partition coefficient (Wildman–Crippen LogP) is 2.50. The molecule has 4 N–H and O–H groups in total. The molecule has 0 bridgehead atoms. The van der Waals surface area contributed by atoms with Crippen LogP contribution >= 0.6 is 11.3 Å². The van der Waals surface area contributed by atoms with Crippen LogP contribution in [0.1, 0.15) is 20.3 Å². The Morgan fingerprint density at radius 1 is 1.38 bits per heavy atom. The van der Waals surface area contributed by atoms with Gasteiger partial charge in [-0.2, -0.15) is 0 Å². The molecule has 5 nitrogen and oxygen atoms in total. The van der Waals surface area contributed by atoms with E-state index in [4.69, 9.17) is 10.9 Å². The highest BCUT2D eigenvalue weighted by molar-refractivity contribution is 7.92. The van der Waals surface area contributed by atoms with Crippen LogP contribution in [0.5, 0.6) is 0 Å². The molecule has 0 saturated heterocycles. The average molecular weight is 325 g/mol. The number of carbonyl (C=O) groups is 1. The van der Waals surface area contributed by atoms with Crippen LogP contribution in [0.4, 0.5) is 0 Å². The third kappa shape index (κ3) is 3.68. The second-order valence-electron chi connectivity index (χ2n) is 5.33. The van der Waals surface area contributed by atoms with Crippen molar-refractivity contribution in [2.24, 2.45) is 21.2 Å². The molecule has 1 unspecified atom stereocenters. The number of fused-ring (bicyclic) bond motifs is 1. The zero-order chi connectivity index (χ0) is 15.6. The zero-order valence-corrected chi connectivity index (χ0v) is 13.6. The number of hydrogen-bond donors (Lipinski definition) is 2. The Morgan fingerprint density at radius 3 is 2.71 bits per heavy atom. The summed E-state index contributed by atoms with van der Waals surface area (Å²) >= 11 is 1.43. The number of carbonyl (C=O) groups excluding carboxylic acids is 1. The van der Waals surface area contributed by atoms with Crippen LogP contribution in [0.25, 0.3) is 10.1 Å². The second-order valence-corrected chi connectivity index (χ2v) is 8.00. The van der Waals surface area contributed by atoms with Gasteiger partial charge in [-0.25, -0.2) is 9.35 Å². The predicted molar refractivity (Wildman–Crippen MR) is 87.3 cm³/mol. The third-order valence-corrected chi connectivity index (χ3v) is 5.56. The summed E-state index contributed by atoms with van der Waals surface area (Å²) in [4.78, 5) is 12.4. The number of amides is 1. The van der Waals surface area contributed by atoms with Crippen LogP contribution in [-0.4, -0.2) is 16.2 Å². The largest absolute Gasteiger partial charge is 0.320 e. The summed E-state index contributed by atoms with van der Waals surface area (Å²) in [5.74, 6) is -0.346. The molecule has 0 spiro atoms. The highest BCUT2D eigenvalue weighted by Crippen LogP contribution is 2.29. The fourth-order valence-electron chi connectivity index (χ4n) is 2.04. The molecule has 0 aliphatic rings. The SMILES string of the molecule is CC(C)C[C@H](N)C(=O)N=S(N)(=O)c1csc2ccccc12. The van der Waals surface area contributed by atoms with Crippen LogP contribution in [0.15, 0.2) is 38.9 Å². The Balaban J connectivity index is 2.39. The summed E-state index contributed by atoms with van der Waals surface area (Å²) in [6, 6.07) is 6.69. The van der Waals surface area contributed by atoms with Crippen molar-refractivity contribution >= 4 is 37.2 Å². The Hall–Kier alpha value is -1.28. The van der Waals surface area contributed by atoms with Crippen molar-refractivity contribution in [1.29, 1.82) is 0 Å². The number of rotatable bonds is 4. The van der Waals surface area contributed by atoms with E-state index in [-0.39, 0.29) is 5.92 Å². The van der Waals surface area contributed by atoms with Gasteiger partial charge in [0, 0.05) is 15.5 Å². The number of thiophene rings is 1. The van der Waals surface area contributed by atoms with Crippen molar-refractivity contribution in [2.75, 3.05) is 0 Å². The highest BCUT2D eigenvalue weighted by atomic mass is 32.2. The molecule has 0 saturated carbocycles. The number of benzene rings is 1. The molecule has 2 atom stereocenters. The van der Waals surface area contributed by atoms with Crippen molar-refractivity contribution in [3.05, 3.63) is 29.6 Å². The Morgan fingerprint density at radius 2 is 2.05 bits per heavy atom. The summed E-state index contributed by atoms with van der Waals surface area (Å²) in [6.07, 6.45) is 0.488. The van der Waals surface area contributed by atoms with Gasteiger partial charge in [0.25, 0.3) is 5.91 Å². The molecule has 2 rings (SSSR count).